The predicted molar refractivity (Wildman–Crippen MR) is 64.7 cm³/mol. The molecule has 1 N–H and O–H groups in total. The van der Waals surface area contributed by atoms with E-state index in [-0.39, 0.29) is 0 Å². The van der Waals surface area contributed by atoms with Crippen molar-refractivity contribution in [2.75, 3.05) is 0 Å². The molecule has 0 unspecified atom stereocenters. The maximum Gasteiger partial charge on any atom is 0.125 e. The molecule has 0 spiro atoms. The molecule has 80 valence electrons. The summed E-state index contributed by atoms with van der Waals surface area (Å²) in [6, 6.07) is 0. The van der Waals surface area contributed by atoms with E-state index in [0.29, 0.717) is 10.6 Å². The van der Waals surface area contributed by atoms with Gasteiger partial charge in [0.15, 0.2) is 0 Å². The SMILES string of the molecule is CCC(C)(C)N[Si](C)(C)C(C)(C)C. The molecule has 1 nitrogen and oxygen atoms in total. The van der Waals surface area contributed by atoms with E-state index in [1.165, 1.54) is 6.42 Å². The van der Waals surface area contributed by atoms with Crippen LogP contribution in [0.5, 0.6) is 0 Å². The second-order valence-electron chi connectivity index (χ2n) is 6.24. The Labute approximate surface area is 85.4 Å². The monoisotopic (exact) mass is 201 g/mol. The van der Waals surface area contributed by atoms with Crippen LogP contribution in [0.1, 0.15) is 48.0 Å². The third-order valence-electron chi connectivity index (χ3n) is 3.41. The quantitative estimate of drug-likeness (QED) is 0.685. The summed E-state index contributed by atoms with van der Waals surface area (Å²) >= 11 is 0. The average Bonchev–Trinajstić information content (AvgIpc) is 1.83. The minimum absolute atomic E-state index is 0.295. The van der Waals surface area contributed by atoms with Gasteiger partial charge in [-0.1, -0.05) is 40.8 Å². The molecule has 0 fully saturated rings. The van der Waals surface area contributed by atoms with E-state index in [0.717, 1.165) is 0 Å². The van der Waals surface area contributed by atoms with Gasteiger partial charge < -0.3 is 4.98 Å². The minimum Gasteiger partial charge on any atom is -0.332 e. The fraction of sp³-hybridized carbons (Fsp3) is 1.00. The molecular formula is C11H27NSi. The first-order valence-corrected chi connectivity index (χ1v) is 8.31. The molecular weight excluding hydrogens is 174 g/mol. The fourth-order valence-corrected chi connectivity index (χ4v) is 3.37. The lowest BCUT2D eigenvalue weighted by atomic mass is 10.0. The van der Waals surface area contributed by atoms with Crippen molar-refractivity contribution >= 4 is 8.24 Å². The molecule has 0 radical (unpaired) electrons. The highest BCUT2D eigenvalue weighted by Gasteiger charge is 2.38. The Morgan fingerprint density at radius 2 is 1.38 bits per heavy atom. The Morgan fingerprint density at radius 3 is 1.62 bits per heavy atom. The topological polar surface area (TPSA) is 12.0 Å². The molecule has 0 rings (SSSR count). The molecule has 0 aromatic carbocycles. The second-order valence-corrected chi connectivity index (χ2v) is 11.2. The normalized spacial score (nSPS) is 14.8. The summed E-state index contributed by atoms with van der Waals surface area (Å²) in [5, 5.41) is 0.430. The summed E-state index contributed by atoms with van der Waals surface area (Å²) in [6.45, 7) is 18.7. The van der Waals surface area contributed by atoms with Crippen LogP contribution in [0.4, 0.5) is 0 Å². The Hall–Kier alpha value is 0.177. The Kier molecular flexibility index (Phi) is 3.79. The first-order valence-electron chi connectivity index (χ1n) is 5.31. The first-order chi connectivity index (χ1) is 5.52. The molecule has 0 saturated carbocycles. The lowest BCUT2D eigenvalue weighted by Gasteiger charge is -2.43. The van der Waals surface area contributed by atoms with Gasteiger partial charge in [0.2, 0.25) is 0 Å². The van der Waals surface area contributed by atoms with Crippen LogP contribution >= 0.6 is 0 Å². The number of rotatable bonds is 3. The molecule has 0 aromatic rings. The molecule has 0 atom stereocenters. The predicted octanol–water partition coefficient (Wildman–Crippen LogP) is 3.77. The van der Waals surface area contributed by atoms with Gasteiger partial charge in [0.25, 0.3) is 0 Å². The summed E-state index contributed by atoms with van der Waals surface area (Å²) in [5.41, 5.74) is 0.295. The van der Waals surface area contributed by atoms with Crippen LogP contribution < -0.4 is 4.98 Å². The van der Waals surface area contributed by atoms with Gasteiger partial charge in [0.1, 0.15) is 8.24 Å². The molecule has 0 saturated heterocycles. The standard InChI is InChI=1S/C11H27NSi/c1-9-11(5,6)12-13(7,8)10(2,3)4/h12H,9H2,1-8H3. The van der Waals surface area contributed by atoms with Crippen molar-refractivity contribution in [3.8, 4) is 0 Å². The molecule has 0 aliphatic rings. The highest BCUT2D eigenvalue weighted by molar-refractivity contribution is 6.77. The van der Waals surface area contributed by atoms with E-state index < -0.39 is 8.24 Å². The first kappa shape index (κ1) is 13.2. The largest absolute Gasteiger partial charge is 0.332 e. The van der Waals surface area contributed by atoms with Crippen LogP contribution in [-0.2, 0) is 0 Å². The summed E-state index contributed by atoms with van der Waals surface area (Å²) in [4.78, 5) is 3.86. The summed E-state index contributed by atoms with van der Waals surface area (Å²) < 4.78 is 0. The van der Waals surface area contributed by atoms with Gasteiger partial charge in [-0.25, -0.2) is 0 Å². The van der Waals surface area contributed by atoms with E-state index in [1.807, 2.05) is 0 Å². The van der Waals surface area contributed by atoms with Crippen molar-refractivity contribution in [3.63, 3.8) is 0 Å². The van der Waals surface area contributed by atoms with Crippen LogP contribution in [0.15, 0.2) is 0 Å². The van der Waals surface area contributed by atoms with E-state index in [4.69, 9.17) is 0 Å². The molecule has 2 heteroatoms. The Morgan fingerprint density at radius 1 is 1.00 bits per heavy atom. The summed E-state index contributed by atoms with van der Waals surface area (Å²) in [5.74, 6) is 0. The molecule has 0 heterocycles. The minimum atomic E-state index is -1.31. The van der Waals surface area contributed by atoms with Gasteiger partial charge in [-0.15, -0.1) is 0 Å². The van der Waals surface area contributed by atoms with Crippen LogP contribution in [0.25, 0.3) is 0 Å². The van der Waals surface area contributed by atoms with Gasteiger partial charge in [-0.2, -0.15) is 0 Å². The molecule has 13 heavy (non-hydrogen) atoms. The zero-order valence-electron chi connectivity index (χ0n) is 10.7. The molecule has 0 aliphatic heterocycles. The van der Waals surface area contributed by atoms with Crippen LogP contribution in [0, 0.1) is 0 Å². The van der Waals surface area contributed by atoms with E-state index >= 15 is 0 Å². The summed E-state index contributed by atoms with van der Waals surface area (Å²) in [7, 11) is -1.31. The third-order valence-corrected chi connectivity index (χ3v) is 8.46. The van der Waals surface area contributed by atoms with Gasteiger partial charge in [0, 0.05) is 5.54 Å². The zero-order chi connectivity index (χ0) is 10.9. The smallest absolute Gasteiger partial charge is 0.125 e. The van der Waals surface area contributed by atoms with Crippen molar-refractivity contribution in [1.29, 1.82) is 0 Å². The Bertz CT molecular complexity index is 165. The highest BCUT2D eigenvalue weighted by atomic mass is 28.3. The molecule has 0 bridgehead atoms. The summed E-state index contributed by atoms with van der Waals surface area (Å²) in [6.07, 6.45) is 1.19. The van der Waals surface area contributed by atoms with Crippen molar-refractivity contribution in [3.05, 3.63) is 0 Å². The second kappa shape index (κ2) is 3.74. The van der Waals surface area contributed by atoms with Crippen molar-refractivity contribution in [1.82, 2.24) is 4.98 Å². The van der Waals surface area contributed by atoms with Crippen molar-refractivity contribution in [2.45, 2.75) is 71.6 Å². The van der Waals surface area contributed by atoms with Crippen LogP contribution in [0.3, 0.4) is 0 Å². The number of nitrogens with one attached hydrogen (secondary N) is 1. The van der Waals surface area contributed by atoms with Crippen molar-refractivity contribution in [2.24, 2.45) is 0 Å². The number of hydrogen-bond acceptors (Lipinski definition) is 1. The third kappa shape index (κ3) is 3.82. The molecule has 0 amide bonds. The number of hydrogen-bond donors (Lipinski definition) is 1. The average molecular weight is 201 g/mol. The highest BCUT2D eigenvalue weighted by Crippen LogP contribution is 2.35. The fourth-order valence-electron chi connectivity index (χ4n) is 1.12. The van der Waals surface area contributed by atoms with Crippen LogP contribution in [0.2, 0.25) is 18.1 Å². The van der Waals surface area contributed by atoms with Gasteiger partial charge in [0.05, 0.1) is 0 Å². The van der Waals surface area contributed by atoms with E-state index in [2.05, 4.69) is 59.6 Å². The maximum absolute atomic E-state index is 3.86. The maximum atomic E-state index is 3.86. The van der Waals surface area contributed by atoms with E-state index in [9.17, 15) is 0 Å². The molecule has 0 aliphatic carbocycles. The van der Waals surface area contributed by atoms with Gasteiger partial charge >= 0.3 is 0 Å². The lowest BCUT2D eigenvalue weighted by molar-refractivity contribution is 0.435. The van der Waals surface area contributed by atoms with E-state index in [1.54, 1.807) is 0 Å². The Balaban J connectivity index is 4.52. The van der Waals surface area contributed by atoms with Gasteiger partial charge in [-0.3, -0.25) is 0 Å². The van der Waals surface area contributed by atoms with Crippen molar-refractivity contribution < 1.29 is 0 Å². The molecule has 0 aromatic heterocycles. The lowest BCUT2D eigenvalue weighted by Crippen LogP contribution is -2.60. The zero-order valence-corrected chi connectivity index (χ0v) is 11.7. The van der Waals surface area contributed by atoms with Crippen LogP contribution in [-0.4, -0.2) is 13.8 Å². The van der Waals surface area contributed by atoms with Gasteiger partial charge in [-0.05, 0) is 25.3 Å².